The Morgan fingerprint density at radius 2 is 1.83 bits per heavy atom. The monoisotopic (exact) mass is 258 g/mol. The van der Waals surface area contributed by atoms with Crippen molar-refractivity contribution in [3.8, 4) is 0 Å². The van der Waals surface area contributed by atoms with Gasteiger partial charge in [0.1, 0.15) is 0 Å². The molecule has 0 aliphatic carbocycles. The fourth-order valence-corrected chi connectivity index (χ4v) is 2.29. The van der Waals surface area contributed by atoms with Gasteiger partial charge in [-0.25, -0.2) is 4.79 Å². The van der Waals surface area contributed by atoms with Gasteiger partial charge in [-0.1, -0.05) is 0 Å². The fraction of sp³-hybridized carbons (Fsp3) is 0.833. The highest BCUT2D eigenvalue weighted by molar-refractivity contribution is 5.74. The average Bonchev–Trinajstić information content (AvgIpc) is 2.24. The number of amides is 2. The molecule has 18 heavy (non-hydrogen) atoms. The number of hydrogen-bond donors (Lipinski definition) is 3. The molecule has 1 heterocycles. The number of carbonyl (C=O) groups is 2. The van der Waals surface area contributed by atoms with Crippen molar-refractivity contribution >= 4 is 12.0 Å². The minimum atomic E-state index is -0.914. The number of nitrogens with one attached hydrogen (secondary N) is 2. The van der Waals surface area contributed by atoms with E-state index < -0.39 is 5.97 Å². The molecule has 0 saturated carbocycles. The molecule has 104 valence electrons. The summed E-state index contributed by atoms with van der Waals surface area (Å²) in [5, 5.41) is 13.7. The summed E-state index contributed by atoms with van der Waals surface area (Å²) < 4.78 is 5.62. The first-order chi connectivity index (χ1) is 8.47. The number of aliphatic carboxylic acids is 1. The molecule has 1 saturated heterocycles. The van der Waals surface area contributed by atoms with Crippen molar-refractivity contribution in [3.63, 3.8) is 0 Å². The molecule has 3 N–H and O–H groups in total. The molecule has 0 aromatic rings. The Balaban J connectivity index is 2.15. The van der Waals surface area contributed by atoms with Crippen LogP contribution in [0.1, 0.15) is 33.1 Å². The Labute approximate surface area is 107 Å². The van der Waals surface area contributed by atoms with Gasteiger partial charge in [-0.3, -0.25) is 4.79 Å². The molecule has 6 nitrogen and oxygen atoms in total. The van der Waals surface area contributed by atoms with Crippen LogP contribution in [0.15, 0.2) is 0 Å². The molecule has 0 aromatic carbocycles. The molecule has 0 bridgehead atoms. The van der Waals surface area contributed by atoms with Crippen molar-refractivity contribution in [1.29, 1.82) is 0 Å². The Morgan fingerprint density at radius 3 is 2.39 bits per heavy atom. The van der Waals surface area contributed by atoms with Gasteiger partial charge in [-0.15, -0.1) is 0 Å². The minimum Gasteiger partial charge on any atom is -0.481 e. The largest absolute Gasteiger partial charge is 0.481 e. The lowest BCUT2D eigenvalue weighted by molar-refractivity contribution is -0.136. The molecule has 1 fully saturated rings. The van der Waals surface area contributed by atoms with E-state index in [9.17, 15) is 9.59 Å². The van der Waals surface area contributed by atoms with Crippen LogP contribution in [0.25, 0.3) is 0 Å². The summed E-state index contributed by atoms with van der Waals surface area (Å²) >= 11 is 0. The van der Waals surface area contributed by atoms with E-state index in [0.29, 0.717) is 12.5 Å². The first kappa shape index (κ1) is 14.8. The quantitative estimate of drug-likeness (QED) is 0.685. The Morgan fingerprint density at radius 1 is 1.22 bits per heavy atom. The number of urea groups is 1. The van der Waals surface area contributed by atoms with Crippen LogP contribution in [0, 0.1) is 5.92 Å². The second-order valence-electron chi connectivity index (χ2n) is 4.88. The number of ether oxygens (including phenoxy) is 1. The molecular formula is C12H22N2O4. The number of carboxylic acid groups (broad SMARTS) is 1. The van der Waals surface area contributed by atoms with Crippen LogP contribution in [0.2, 0.25) is 0 Å². The van der Waals surface area contributed by atoms with Gasteiger partial charge in [0.2, 0.25) is 0 Å². The molecule has 2 unspecified atom stereocenters. The molecule has 1 rings (SSSR count). The highest BCUT2D eigenvalue weighted by atomic mass is 16.5. The lowest BCUT2D eigenvalue weighted by atomic mass is 9.92. The lowest BCUT2D eigenvalue weighted by Crippen LogP contribution is -2.41. The second kappa shape index (κ2) is 7.20. The van der Waals surface area contributed by atoms with E-state index in [1.807, 2.05) is 13.8 Å². The molecule has 2 amide bonds. The predicted molar refractivity (Wildman–Crippen MR) is 66.4 cm³/mol. The highest BCUT2D eigenvalue weighted by Crippen LogP contribution is 2.23. The van der Waals surface area contributed by atoms with Gasteiger partial charge < -0.3 is 20.5 Å². The van der Waals surface area contributed by atoms with Crippen molar-refractivity contribution in [2.24, 2.45) is 5.92 Å². The van der Waals surface area contributed by atoms with Gasteiger partial charge in [0.15, 0.2) is 0 Å². The first-order valence-electron chi connectivity index (χ1n) is 6.36. The molecule has 0 radical (unpaired) electrons. The summed E-state index contributed by atoms with van der Waals surface area (Å²) in [5.41, 5.74) is 0. The van der Waals surface area contributed by atoms with Gasteiger partial charge in [0.25, 0.3) is 0 Å². The molecular weight excluding hydrogens is 236 g/mol. The SMILES string of the molecule is CC1CC(CNC(=O)NCCC(=O)O)CC(C)O1. The van der Waals surface area contributed by atoms with Gasteiger partial charge in [0.05, 0.1) is 18.6 Å². The molecule has 0 aromatic heterocycles. The summed E-state index contributed by atoms with van der Waals surface area (Å²) in [6.07, 6.45) is 2.30. The van der Waals surface area contributed by atoms with Gasteiger partial charge in [-0.2, -0.15) is 0 Å². The molecule has 2 atom stereocenters. The zero-order valence-electron chi connectivity index (χ0n) is 10.9. The topological polar surface area (TPSA) is 87.7 Å². The fourth-order valence-electron chi connectivity index (χ4n) is 2.29. The van der Waals surface area contributed by atoms with E-state index in [1.54, 1.807) is 0 Å². The average molecular weight is 258 g/mol. The van der Waals surface area contributed by atoms with Crippen molar-refractivity contribution in [2.45, 2.75) is 45.3 Å². The maximum atomic E-state index is 11.4. The zero-order valence-corrected chi connectivity index (χ0v) is 10.9. The third-order valence-electron chi connectivity index (χ3n) is 2.97. The van der Waals surface area contributed by atoms with Crippen LogP contribution in [0.5, 0.6) is 0 Å². The van der Waals surface area contributed by atoms with Crippen molar-refractivity contribution in [1.82, 2.24) is 10.6 Å². The second-order valence-corrected chi connectivity index (χ2v) is 4.88. The summed E-state index contributed by atoms with van der Waals surface area (Å²) in [4.78, 5) is 21.7. The third-order valence-corrected chi connectivity index (χ3v) is 2.97. The molecule has 1 aliphatic heterocycles. The van der Waals surface area contributed by atoms with E-state index in [-0.39, 0.29) is 31.2 Å². The minimum absolute atomic E-state index is 0.0568. The third kappa shape index (κ3) is 5.86. The van der Waals surface area contributed by atoms with E-state index in [4.69, 9.17) is 9.84 Å². The Hall–Kier alpha value is -1.30. The number of rotatable bonds is 5. The van der Waals surface area contributed by atoms with Gasteiger partial charge in [-0.05, 0) is 32.6 Å². The standard InChI is InChI=1S/C12H22N2O4/c1-8-5-10(6-9(2)18-8)7-14-12(17)13-4-3-11(15)16/h8-10H,3-7H2,1-2H3,(H,15,16)(H2,13,14,17). The normalized spacial score (nSPS) is 27.6. The summed E-state index contributed by atoms with van der Waals surface area (Å²) in [5.74, 6) is -0.489. The molecule has 0 spiro atoms. The van der Waals surface area contributed by atoms with Gasteiger partial charge >= 0.3 is 12.0 Å². The van der Waals surface area contributed by atoms with Crippen LogP contribution in [0.4, 0.5) is 4.79 Å². The zero-order chi connectivity index (χ0) is 13.5. The van der Waals surface area contributed by atoms with Crippen molar-refractivity contribution in [3.05, 3.63) is 0 Å². The van der Waals surface area contributed by atoms with E-state index in [0.717, 1.165) is 12.8 Å². The smallest absolute Gasteiger partial charge is 0.314 e. The molecule has 6 heteroatoms. The summed E-state index contributed by atoms with van der Waals surface area (Å²) in [7, 11) is 0. The maximum Gasteiger partial charge on any atom is 0.314 e. The van der Waals surface area contributed by atoms with Crippen LogP contribution in [-0.2, 0) is 9.53 Å². The number of hydrogen-bond acceptors (Lipinski definition) is 3. The van der Waals surface area contributed by atoms with Crippen LogP contribution < -0.4 is 10.6 Å². The van der Waals surface area contributed by atoms with E-state index in [2.05, 4.69) is 10.6 Å². The number of carboxylic acids is 1. The summed E-state index contributed by atoms with van der Waals surface area (Å²) in [6.45, 7) is 4.84. The Kier molecular flexibility index (Phi) is 5.91. The van der Waals surface area contributed by atoms with Crippen molar-refractivity contribution in [2.75, 3.05) is 13.1 Å². The highest BCUT2D eigenvalue weighted by Gasteiger charge is 2.24. The van der Waals surface area contributed by atoms with Crippen LogP contribution in [0.3, 0.4) is 0 Å². The van der Waals surface area contributed by atoms with Crippen molar-refractivity contribution < 1.29 is 19.4 Å². The number of carbonyl (C=O) groups excluding carboxylic acids is 1. The van der Waals surface area contributed by atoms with Crippen LogP contribution >= 0.6 is 0 Å². The van der Waals surface area contributed by atoms with Crippen LogP contribution in [-0.4, -0.2) is 42.4 Å². The predicted octanol–water partition coefficient (Wildman–Crippen LogP) is 0.964. The van der Waals surface area contributed by atoms with E-state index >= 15 is 0 Å². The lowest BCUT2D eigenvalue weighted by Gasteiger charge is -2.32. The maximum absolute atomic E-state index is 11.4. The molecule has 1 aliphatic rings. The van der Waals surface area contributed by atoms with Gasteiger partial charge in [0, 0.05) is 13.1 Å². The van der Waals surface area contributed by atoms with E-state index in [1.165, 1.54) is 0 Å². The first-order valence-corrected chi connectivity index (χ1v) is 6.36. The Bertz CT molecular complexity index is 286. The summed E-state index contributed by atoms with van der Waals surface area (Å²) in [6, 6.07) is -0.303.